The Kier molecular flexibility index (Phi) is 22.1. The molecule has 9 rings (SSSR count). The summed E-state index contributed by atoms with van der Waals surface area (Å²) in [6.45, 7) is 76.9. The quantitative estimate of drug-likeness (QED) is 0.0641. The van der Waals surface area contributed by atoms with Gasteiger partial charge >= 0.3 is 0 Å². The predicted molar refractivity (Wildman–Crippen MR) is 459 cm³/mol. The van der Waals surface area contributed by atoms with Crippen LogP contribution in [0.1, 0.15) is 376 Å². The molecule has 0 aliphatic carbocycles. The van der Waals surface area contributed by atoms with E-state index >= 15 is 0 Å². The number of hydrogen-bond donors (Lipinski definition) is 6. The van der Waals surface area contributed by atoms with Crippen LogP contribution in [-0.2, 0) is 104 Å². The molecular weight excluding hydrogens is 1320 g/mol. The Morgan fingerprint density at radius 1 is 0.231 bits per heavy atom. The summed E-state index contributed by atoms with van der Waals surface area (Å²) in [4.78, 5) is 0. The second-order valence-electron chi connectivity index (χ2n) is 44.3. The molecule has 0 aromatic heterocycles. The molecule has 1 aliphatic rings. The van der Waals surface area contributed by atoms with E-state index in [0.29, 0.717) is 67.3 Å². The highest BCUT2D eigenvalue weighted by Gasteiger charge is 2.42. The van der Waals surface area contributed by atoms with E-state index in [-0.39, 0.29) is 27.1 Å². The lowest BCUT2D eigenvalue weighted by Gasteiger charge is -2.42. The van der Waals surface area contributed by atoms with Crippen LogP contribution in [0.15, 0.2) is 97.1 Å². The van der Waals surface area contributed by atoms with Crippen LogP contribution in [-0.4, -0.2) is 25.5 Å². The molecule has 584 valence electrons. The van der Waals surface area contributed by atoms with E-state index in [4.69, 9.17) is 4.74 Å². The van der Waals surface area contributed by atoms with Gasteiger partial charge in [0.2, 0.25) is 0 Å². The van der Waals surface area contributed by atoms with Gasteiger partial charge < -0.3 is 35.6 Å². The van der Waals surface area contributed by atoms with Crippen LogP contribution in [0.3, 0.4) is 0 Å². The monoisotopic (exact) mass is 1460 g/mol. The fraction of sp³-hybridized carbons (Fsp3) is 0.525. The molecular formula is C101H139NO6. The van der Waals surface area contributed by atoms with Crippen molar-refractivity contribution < 1.29 is 30.3 Å². The fourth-order valence-corrected chi connectivity index (χ4v) is 16.1. The largest absolute Gasteiger partial charge is 0.507 e. The fourth-order valence-electron chi connectivity index (χ4n) is 16.1. The van der Waals surface area contributed by atoms with E-state index in [1.807, 2.05) is 0 Å². The van der Waals surface area contributed by atoms with E-state index in [9.17, 15) is 25.5 Å². The van der Waals surface area contributed by atoms with Gasteiger partial charge in [-0.3, -0.25) is 0 Å². The van der Waals surface area contributed by atoms with Crippen molar-refractivity contribution in [1.29, 1.82) is 0 Å². The number of hydrogen-bond acceptors (Lipinski definition) is 7. The summed E-state index contributed by atoms with van der Waals surface area (Å²) in [5.74, 6) is 2.70. The zero-order valence-electron chi connectivity index (χ0n) is 73.6. The summed E-state index contributed by atoms with van der Waals surface area (Å²) in [5.41, 5.74) is 22.3. The number of phenols is 5. The maximum atomic E-state index is 12.5. The van der Waals surface area contributed by atoms with Crippen LogP contribution in [0.5, 0.6) is 34.5 Å². The van der Waals surface area contributed by atoms with Gasteiger partial charge in [-0.05, 0) is 240 Å². The number of ether oxygens (including phenoxy) is 1. The highest BCUT2D eigenvalue weighted by atomic mass is 16.5. The molecule has 6 N–H and O–H groups in total. The summed E-state index contributed by atoms with van der Waals surface area (Å²) >= 11 is 0. The Balaban J connectivity index is 1.50. The number of nitrogens with one attached hydrogen (secondary N) is 1. The minimum Gasteiger partial charge on any atom is -0.507 e. The van der Waals surface area contributed by atoms with Crippen LogP contribution >= 0.6 is 0 Å². The molecule has 108 heavy (non-hydrogen) atoms. The van der Waals surface area contributed by atoms with Crippen molar-refractivity contribution in [2.24, 2.45) is 0 Å². The lowest BCUT2D eigenvalue weighted by atomic mass is 9.77. The minimum atomic E-state index is -0.488. The van der Waals surface area contributed by atoms with Crippen molar-refractivity contribution in [2.75, 3.05) is 5.32 Å². The molecule has 0 atom stereocenters. The van der Waals surface area contributed by atoms with Crippen LogP contribution < -0.4 is 10.1 Å². The number of benzene rings is 8. The second kappa shape index (κ2) is 28.3. The van der Waals surface area contributed by atoms with Crippen LogP contribution in [0, 0.1) is 0 Å². The summed E-state index contributed by atoms with van der Waals surface area (Å²) in [6.07, 6.45) is 3.28. The Bertz CT molecular complexity index is 4470. The molecule has 7 heteroatoms. The minimum absolute atomic E-state index is 0.232. The summed E-state index contributed by atoms with van der Waals surface area (Å²) in [7, 11) is 0. The van der Waals surface area contributed by atoms with Crippen molar-refractivity contribution in [1.82, 2.24) is 0 Å². The molecule has 8 aromatic carbocycles. The Hall–Kier alpha value is -7.64. The molecule has 0 amide bonds. The topological polar surface area (TPSA) is 122 Å². The summed E-state index contributed by atoms with van der Waals surface area (Å²) < 4.78 is 6.71. The summed E-state index contributed by atoms with van der Waals surface area (Å²) in [6, 6.07) is 37.0. The standard InChI is InChI=1S/C101H139NO6/c1-90(2,3)70-46-60(47-71(84(70)103)91(4,5)6)36-58-38-66(42-62-50-74(94(13,14)15)86(105)75(51-62)95(16,17)18)82(67(39-58)43-63-52-76(96(19,20)21)87(106)77(53-63)97(22,23)24)102-83-68(44-64-54-78(98(25,26)27)88(107)79(55-64)99(28,29)30)40-59(37-61-48-72(92(7,8)9)85(104)73(49-61)93(10,11)12)41-69(83)45-65-56-80(100(31,32)33)89-81(57-65)101(34,35)108-89/h38-41,46-57,102-107H,36-37,42-45H2,1-35H3. The molecule has 0 fully saturated rings. The number of anilines is 2. The molecule has 0 spiro atoms. The summed E-state index contributed by atoms with van der Waals surface area (Å²) in [5, 5.41) is 66.5. The van der Waals surface area contributed by atoms with Crippen molar-refractivity contribution in [3.8, 4) is 34.5 Å². The van der Waals surface area contributed by atoms with Gasteiger partial charge in [-0.25, -0.2) is 0 Å². The van der Waals surface area contributed by atoms with Gasteiger partial charge in [0.05, 0.1) is 0 Å². The smallest absolute Gasteiger partial charge is 0.132 e. The van der Waals surface area contributed by atoms with E-state index in [1.165, 1.54) is 16.7 Å². The normalized spacial score (nSPS) is 14.2. The van der Waals surface area contributed by atoms with Gasteiger partial charge in [0.25, 0.3) is 0 Å². The van der Waals surface area contributed by atoms with E-state index in [2.05, 4.69) is 345 Å². The average molecular weight is 1460 g/mol. The number of fused-ring (bicyclic) bond motifs is 1. The molecule has 7 nitrogen and oxygen atoms in total. The van der Waals surface area contributed by atoms with Crippen molar-refractivity contribution in [3.05, 3.63) is 231 Å². The molecule has 8 aromatic rings. The van der Waals surface area contributed by atoms with Crippen molar-refractivity contribution in [2.45, 2.75) is 346 Å². The number of rotatable bonds is 14. The van der Waals surface area contributed by atoms with E-state index in [0.717, 1.165) is 134 Å². The number of aromatic hydroxyl groups is 5. The zero-order valence-corrected chi connectivity index (χ0v) is 73.6. The lowest BCUT2D eigenvalue weighted by molar-refractivity contribution is 0.0483. The average Bonchev–Trinajstić information content (AvgIpc) is 0.725. The SMILES string of the molecule is CC(C)(C)c1cc(Cc2cc(Cc3cc(C(C)(C)C)c(O)c(C(C)(C)C)c3)c(Nc3c(Cc4cc(C(C)(C)C)c(O)c(C(C)(C)C)c4)cc(Cc4cc(C(C)(C)C)c(O)c(C(C)(C)C)c4)cc3Cc3cc(C(C)(C)C)c4c(c3)C(C)(C)O4)c(Cc3cc(C(C)(C)C)c(O)c(C(C)(C)C)c3)c2)cc(C(C)(C)C)c1O. The molecule has 0 radical (unpaired) electrons. The Morgan fingerprint density at radius 3 is 0.565 bits per heavy atom. The molecule has 0 bridgehead atoms. The third-order valence-corrected chi connectivity index (χ3v) is 22.3. The first-order chi connectivity index (χ1) is 48.7. The van der Waals surface area contributed by atoms with Crippen molar-refractivity contribution in [3.63, 3.8) is 0 Å². The Morgan fingerprint density at radius 2 is 0.389 bits per heavy atom. The third kappa shape index (κ3) is 18.4. The lowest BCUT2D eigenvalue weighted by Crippen LogP contribution is -2.37. The molecule has 1 heterocycles. The molecule has 0 unspecified atom stereocenters. The predicted octanol–water partition coefficient (Wildman–Crippen LogP) is 26.4. The first-order valence-corrected chi connectivity index (χ1v) is 40.0. The zero-order chi connectivity index (χ0) is 81.4. The first-order valence-electron chi connectivity index (χ1n) is 40.0. The van der Waals surface area contributed by atoms with Crippen LogP contribution in [0.4, 0.5) is 11.4 Å². The van der Waals surface area contributed by atoms with E-state index in [1.54, 1.807) is 0 Å². The van der Waals surface area contributed by atoms with E-state index < -0.39 is 38.1 Å². The highest BCUT2D eigenvalue weighted by Crippen LogP contribution is 2.53. The van der Waals surface area contributed by atoms with Gasteiger partial charge in [0.15, 0.2) is 0 Å². The van der Waals surface area contributed by atoms with Gasteiger partial charge in [-0.1, -0.05) is 319 Å². The maximum absolute atomic E-state index is 12.5. The molecule has 0 saturated heterocycles. The maximum Gasteiger partial charge on any atom is 0.132 e. The number of phenolic OH excluding ortho intramolecular Hbond substituents is 5. The van der Waals surface area contributed by atoms with Gasteiger partial charge in [-0.2, -0.15) is 0 Å². The van der Waals surface area contributed by atoms with Crippen LogP contribution in [0.25, 0.3) is 0 Å². The highest BCUT2D eigenvalue weighted by molar-refractivity contribution is 5.76. The van der Waals surface area contributed by atoms with Gasteiger partial charge in [-0.15, -0.1) is 0 Å². The van der Waals surface area contributed by atoms with Gasteiger partial charge in [0.1, 0.15) is 40.1 Å². The van der Waals surface area contributed by atoms with Gasteiger partial charge in [0, 0.05) is 22.5 Å². The second-order valence-corrected chi connectivity index (χ2v) is 44.3. The Labute approximate surface area is 654 Å². The van der Waals surface area contributed by atoms with Crippen molar-refractivity contribution >= 4 is 11.4 Å². The molecule has 0 saturated carbocycles. The first kappa shape index (κ1) is 84.4. The van der Waals surface area contributed by atoms with Crippen LogP contribution in [0.2, 0.25) is 0 Å². The molecule has 1 aliphatic heterocycles. The third-order valence-electron chi connectivity index (χ3n) is 22.3.